The summed E-state index contributed by atoms with van der Waals surface area (Å²) >= 11 is 1.51. The number of aromatic nitrogens is 2. The third-order valence-corrected chi connectivity index (χ3v) is 7.15. The van der Waals surface area contributed by atoms with Crippen molar-refractivity contribution in [2.45, 2.75) is 66.0 Å². The molecule has 6 heteroatoms. The van der Waals surface area contributed by atoms with Crippen molar-refractivity contribution in [3.8, 4) is 11.1 Å². The fourth-order valence-corrected chi connectivity index (χ4v) is 5.35. The van der Waals surface area contributed by atoms with Crippen LogP contribution in [0.15, 0.2) is 29.3 Å². The summed E-state index contributed by atoms with van der Waals surface area (Å²) in [5, 5.41) is 0.586. The highest BCUT2D eigenvalue weighted by molar-refractivity contribution is 7.19. The van der Waals surface area contributed by atoms with Gasteiger partial charge >= 0.3 is 5.97 Å². The molecule has 0 N–H and O–H groups in total. The van der Waals surface area contributed by atoms with E-state index in [4.69, 9.17) is 4.74 Å². The van der Waals surface area contributed by atoms with E-state index in [1.807, 2.05) is 13.0 Å². The first-order valence-corrected chi connectivity index (χ1v) is 11.4. The van der Waals surface area contributed by atoms with Gasteiger partial charge in [0.25, 0.3) is 5.56 Å². The van der Waals surface area contributed by atoms with Crippen LogP contribution >= 0.6 is 11.3 Å². The van der Waals surface area contributed by atoms with Gasteiger partial charge in [0.2, 0.25) is 0 Å². The van der Waals surface area contributed by atoms with E-state index in [1.165, 1.54) is 39.8 Å². The summed E-state index contributed by atoms with van der Waals surface area (Å²) in [4.78, 5) is 32.0. The molecule has 0 bridgehead atoms. The average molecular weight is 425 g/mol. The first-order chi connectivity index (χ1) is 14.3. The largest absolute Gasteiger partial charge is 0.461 e. The molecule has 3 aromatic rings. The summed E-state index contributed by atoms with van der Waals surface area (Å²) in [7, 11) is 0. The second kappa shape index (κ2) is 8.34. The van der Waals surface area contributed by atoms with E-state index in [1.54, 1.807) is 0 Å². The summed E-state index contributed by atoms with van der Waals surface area (Å²) in [6.07, 6.45) is 5.51. The highest BCUT2D eigenvalue weighted by atomic mass is 32.1. The number of hydrogen-bond donors (Lipinski definition) is 0. The number of esters is 1. The number of carbonyl (C=O) groups is 1. The number of hydrogen-bond acceptors (Lipinski definition) is 5. The zero-order chi connectivity index (χ0) is 21.4. The summed E-state index contributed by atoms with van der Waals surface area (Å²) in [6.45, 7) is 8.24. The monoisotopic (exact) mass is 424 g/mol. The van der Waals surface area contributed by atoms with Crippen molar-refractivity contribution in [1.29, 1.82) is 0 Å². The second-order valence-corrected chi connectivity index (χ2v) is 9.78. The van der Waals surface area contributed by atoms with Gasteiger partial charge in [-0.15, -0.1) is 11.3 Å². The molecule has 2 aromatic heterocycles. The van der Waals surface area contributed by atoms with Gasteiger partial charge in [0.1, 0.15) is 17.5 Å². The van der Waals surface area contributed by atoms with E-state index in [0.29, 0.717) is 16.1 Å². The van der Waals surface area contributed by atoms with Crippen LogP contribution in [0.5, 0.6) is 0 Å². The Bertz CT molecular complexity index is 1160. The van der Waals surface area contributed by atoms with Crippen molar-refractivity contribution in [3.05, 3.63) is 50.9 Å². The van der Waals surface area contributed by atoms with Gasteiger partial charge in [-0.25, -0.2) is 4.98 Å². The number of ether oxygens (including phenoxy) is 1. The molecule has 4 rings (SSSR count). The molecule has 1 fully saturated rings. The van der Waals surface area contributed by atoms with Gasteiger partial charge in [-0.1, -0.05) is 31.5 Å². The van der Waals surface area contributed by atoms with Crippen molar-refractivity contribution < 1.29 is 9.53 Å². The SMILES string of the molecule is Cc1ccc(-c2c(C)sc3ncn(CC(=O)O[C@H]4CCC[C@H](C)C4)c(=O)c23)cc1C. The lowest BCUT2D eigenvalue weighted by molar-refractivity contribution is -0.152. The van der Waals surface area contributed by atoms with Crippen LogP contribution in [-0.2, 0) is 16.1 Å². The summed E-state index contributed by atoms with van der Waals surface area (Å²) in [5.41, 5.74) is 4.13. The molecule has 0 spiro atoms. The predicted octanol–water partition coefficient (Wildman–Crippen LogP) is 5.17. The lowest BCUT2D eigenvalue weighted by Crippen LogP contribution is -2.30. The zero-order valence-electron chi connectivity index (χ0n) is 18.0. The molecule has 0 radical (unpaired) electrons. The van der Waals surface area contributed by atoms with Gasteiger partial charge in [0, 0.05) is 10.4 Å². The van der Waals surface area contributed by atoms with Gasteiger partial charge in [-0.05, 0) is 62.6 Å². The molecular formula is C24H28N2O3S. The van der Waals surface area contributed by atoms with Crippen molar-refractivity contribution in [3.63, 3.8) is 0 Å². The molecule has 2 atom stereocenters. The maximum atomic E-state index is 13.3. The minimum atomic E-state index is -0.364. The number of aryl methyl sites for hydroxylation is 3. The van der Waals surface area contributed by atoms with Crippen LogP contribution in [0, 0.1) is 26.7 Å². The minimum Gasteiger partial charge on any atom is -0.461 e. The van der Waals surface area contributed by atoms with E-state index >= 15 is 0 Å². The van der Waals surface area contributed by atoms with E-state index in [0.717, 1.165) is 35.3 Å². The topological polar surface area (TPSA) is 61.2 Å². The average Bonchev–Trinajstić information content (AvgIpc) is 3.03. The minimum absolute atomic E-state index is 0.0388. The smallest absolute Gasteiger partial charge is 0.326 e. The summed E-state index contributed by atoms with van der Waals surface area (Å²) in [5.74, 6) is 0.212. The number of benzene rings is 1. The summed E-state index contributed by atoms with van der Waals surface area (Å²) in [6, 6.07) is 6.23. The molecule has 0 amide bonds. The van der Waals surface area contributed by atoms with E-state index in [9.17, 15) is 9.59 Å². The molecule has 1 aliphatic rings. The highest BCUT2D eigenvalue weighted by Crippen LogP contribution is 2.36. The Kier molecular flexibility index (Phi) is 5.78. The molecule has 1 aromatic carbocycles. The molecule has 0 aliphatic heterocycles. The number of nitrogens with zero attached hydrogens (tertiary/aromatic N) is 2. The van der Waals surface area contributed by atoms with Crippen LogP contribution < -0.4 is 5.56 Å². The lowest BCUT2D eigenvalue weighted by Gasteiger charge is -2.26. The van der Waals surface area contributed by atoms with Crippen molar-refractivity contribution >= 4 is 27.5 Å². The normalized spacial score (nSPS) is 19.2. The molecule has 158 valence electrons. The van der Waals surface area contributed by atoms with Crippen LogP contribution in [0.25, 0.3) is 21.3 Å². The standard InChI is InChI=1S/C24H28N2O3S/c1-14-6-5-7-19(10-14)29-20(27)12-26-13-25-23-22(24(26)28)21(17(4)30-23)18-9-8-15(2)16(3)11-18/h8-9,11,13-14,19H,5-7,10,12H2,1-4H3/t14-,19-/m0/s1. The van der Waals surface area contributed by atoms with Gasteiger partial charge in [0.15, 0.2) is 0 Å². The molecule has 0 unspecified atom stereocenters. The number of thiophene rings is 1. The Morgan fingerprint density at radius 1 is 1.23 bits per heavy atom. The maximum Gasteiger partial charge on any atom is 0.326 e. The Labute approximate surface area is 180 Å². The van der Waals surface area contributed by atoms with Crippen molar-refractivity contribution in [1.82, 2.24) is 9.55 Å². The molecule has 1 aliphatic carbocycles. The highest BCUT2D eigenvalue weighted by Gasteiger charge is 2.23. The Hall–Kier alpha value is -2.47. The van der Waals surface area contributed by atoms with Crippen LogP contribution in [0.3, 0.4) is 0 Å². The van der Waals surface area contributed by atoms with Gasteiger partial charge < -0.3 is 4.74 Å². The molecule has 0 saturated heterocycles. The first kappa shape index (κ1) is 20.8. The molecule has 30 heavy (non-hydrogen) atoms. The van der Waals surface area contributed by atoms with E-state index in [2.05, 4.69) is 37.9 Å². The molecule has 5 nitrogen and oxygen atoms in total. The van der Waals surface area contributed by atoms with E-state index < -0.39 is 0 Å². The molecule has 1 saturated carbocycles. The fourth-order valence-electron chi connectivity index (χ4n) is 4.34. The van der Waals surface area contributed by atoms with E-state index in [-0.39, 0.29) is 24.2 Å². The third-order valence-electron chi connectivity index (χ3n) is 6.14. The second-order valence-electron chi connectivity index (χ2n) is 8.57. The quantitative estimate of drug-likeness (QED) is 0.542. The predicted molar refractivity (Wildman–Crippen MR) is 121 cm³/mol. The van der Waals surface area contributed by atoms with Gasteiger partial charge in [0.05, 0.1) is 11.7 Å². The Morgan fingerprint density at radius 2 is 2.03 bits per heavy atom. The van der Waals surface area contributed by atoms with Crippen LogP contribution in [0.2, 0.25) is 0 Å². The molecule has 2 heterocycles. The van der Waals surface area contributed by atoms with Crippen LogP contribution in [0.4, 0.5) is 0 Å². The fraction of sp³-hybridized carbons (Fsp3) is 0.458. The number of fused-ring (bicyclic) bond motifs is 1. The van der Waals surface area contributed by atoms with Gasteiger partial charge in [-0.2, -0.15) is 0 Å². The van der Waals surface area contributed by atoms with Gasteiger partial charge in [-0.3, -0.25) is 14.2 Å². The Morgan fingerprint density at radius 3 is 2.77 bits per heavy atom. The van der Waals surface area contributed by atoms with Crippen LogP contribution in [-0.4, -0.2) is 21.6 Å². The maximum absolute atomic E-state index is 13.3. The zero-order valence-corrected chi connectivity index (χ0v) is 18.8. The number of rotatable bonds is 4. The third kappa shape index (κ3) is 4.06. The van der Waals surface area contributed by atoms with Crippen LogP contribution in [0.1, 0.15) is 48.6 Å². The molecular weight excluding hydrogens is 396 g/mol. The van der Waals surface area contributed by atoms with Crippen molar-refractivity contribution in [2.24, 2.45) is 5.92 Å². The lowest BCUT2D eigenvalue weighted by atomic mass is 9.89. The summed E-state index contributed by atoms with van der Waals surface area (Å²) < 4.78 is 7.04. The number of carbonyl (C=O) groups excluding carboxylic acids is 1. The van der Waals surface area contributed by atoms with Crippen molar-refractivity contribution in [2.75, 3.05) is 0 Å². The first-order valence-electron chi connectivity index (χ1n) is 10.6. The Balaban J connectivity index is 1.66.